The second-order valence-corrected chi connectivity index (χ2v) is 5.82. The van der Waals surface area contributed by atoms with E-state index in [1.165, 1.54) is 57.8 Å². The molecule has 2 nitrogen and oxygen atoms in total. The fourth-order valence-corrected chi connectivity index (χ4v) is 2.93. The Balaban J connectivity index is 4.78. The number of aldehydes is 1. The lowest BCUT2D eigenvalue weighted by atomic mass is 9.70. The van der Waals surface area contributed by atoms with Gasteiger partial charge in [-0.2, -0.15) is 0 Å². The van der Waals surface area contributed by atoms with Crippen molar-refractivity contribution >= 4 is 6.29 Å². The number of unbranched alkanes of at least 4 members (excludes halogenated alkanes) is 3. The van der Waals surface area contributed by atoms with Crippen LogP contribution < -0.4 is 0 Å². The molecular weight excluding hydrogens is 236 g/mol. The van der Waals surface area contributed by atoms with Crippen LogP contribution in [0.25, 0.3) is 0 Å². The number of ether oxygens (including phenoxy) is 1. The van der Waals surface area contributed by atoms with Crippen LogP contribution in [0.2, 0.25) is 0 Å². The molecule has 114 valence electrons. The van der Waals surface area contributed by atoms with Gasteiger partial charge in [-0.15, -0.1) is 0 Å². The molecule has 0 aliphatic rings. The average molecular weight is 270 g/mol. The normalized spacial score (nSPS) is 13.5. The Kier molecular flexibility index (Phi) is 11.2. The summed E-state index contributed by atoms with van der Waals surface area (Å²) in [6.45, 7) is 9.17. The van der Waals surface area contributed by atoms with E-state index in [4.69, 9.17) is 4.74 Å². The van der Waals surface area contributed by atoms with E-state index in [2.05, 4.69) is 27.7 Å². The van der Waals surface area contributed by atoms with Crippen molar-refractivity contribution in [3.05, 3.63) is 0 Å². The largest absolute Gasteiger partial charge is 0.370 e. The van der Waals surface area contributed by atoms with Gasteiger partial charge in [-0.05, 0) is 31.6 Å². The molecule has 0 saturated heterocycles. The molecule has 1 atom stereocenters. The Labute approximate surface area is 120 Å². The SMILES string of the molecule is CCCCC(CCCC)(CCCC)C(C)OCC=O. The highest BCUT2D eigenvalue weighted by molar-refractivity contribution is 5.50. The molecule has 0 spiro atoms. The summed E-state index contributed by atoms with van der Waals surface area (Å²) in [6, 6.07) is 0. The number of hydrogen-bond acceptors (Lipinski definition) is 2. The van der Waals surface area contributed by atoms with Crippen LogP contribution in [0.4, 0.5) is 0 Å². The molecule has 0 aromatic rings. The quantitative estimate of drug-likeness (QED) is 0.433. The van der Waals surface area contributed by atoms with Gasteiger partial charge in [0.2, 0.25) is 0 Å². The van der Waals surface area contributed by atoms with E-state index in [1.54, 1.807) is 0 Å². The first-order chi connectivity index (χ1) is 9.16. The summed E-state index contributed by atoms with van der Waals surface area (Å²) in [4.78, 5) is 10.6. The minimum absolute atomic E-state index is 0.197. The van der Waals surface area contributed by atoms with Crippen LogP contribution in [0.3, 0.4) is 0 Å². The lowest BCUT2D eigenvalue weighted by Crippen LogP contribution is -2.36. The van der Waals surface area contributed by atoms with Gasteiger partial charge in [0.05, 0.1) is 6.10 Å². The summed E-state index contributed by atoms with van der Waals surface area (Å²) in [6.07, 6.45) is 12.3. The van der Waals surface area contributed by atoms with E-state index in [0.29, 0.717) is 0 Å². The van der Waals surface area contributed by atoms with Crippen LogP contribution in [0, 0.1) is 5.41 Å². The fraction of sp³-hybridized carbons (Fsp3) is 0.941. The van der Waals surface area contributed by atoms with Crippen molar-refractivity contribution in [2.75, 3.05) is 6.61 Å². The molecule has 0 amide bonds. The second-order valence-electron chi connectivity index (χ2n) is 5.82. The first-order valence-corrected chi connectivity index (χ1v) is 8.22. The number of rotatable bonds is 13. The zero-order valence-electron chi connectivity index (χ0n) is 13.5. The molecule has 1 unspecified atom stereocenters. The fourth-order valence-electron chi connectivity index (χ4n) is 2.93. The molecule has 0 saturated carbocycles. The molecule has 0 rings (SSSR count). The summed E-state index contributed by atoms with van der Waals surface area (Å²) in [7, 11) is 0. The average Bonchev–Trinajstić information content (AvgIpc) is 2.44. The summed E-state index contributed by atoms with van der Waals surface area (Å²) >= 11 is 0. The highest BCUT2D eigenvalue weighted by atomic mass is 16.5. The van der Waals surface area contributed by atoms with Crippen molar-refractivity contribution < 1.29 is 9.53 Å². The minimum atomic E-state index is 0.197. The Hall–Kier alpha value is -0.370. The summed E-state index contributed by atoms with van der Waals surface area (Å²) < 4.78 is 5.78. The molecule has 0 fully saturated rings. The van der Waals surface area contributed by atoms with Crippen LogP contribution in [0.1, 0.15) is 85.5 Å². The topological polar surface area (TPSA) is 26.3 Å². The third kappa shape index (κ3) is 7.10. The van der Waals surface area contributed by atoms with Gasteiger partial charge in [-0.1, -0.05) is 59.3 Å². The van der Waals surface area contributed by atoms with Crippen molar-refractivity contribution in [3.8, 4) is 0 Å². The van der Waals surface area contributed by atoms with E-state index in [-0.39, 0.29) is 18.1 Å². The standard InChI is InChI=1S/C17H34O2/c1-5-8-11-17(12-9-6-2,13-10-7-3)16(4)19-15-14-18/h14,16H,5-13,15H2,1-4H3. The highest BCUT2D eigenvalue weighted by Gasteiger charge is 2.35. The van der Waals surface area contributed by atoms with E-state index < -0.39 is 0 Å². The van der Waals surface area contributed by atoms with Crippen LogP contribution >= 0.6 is 0 Å². The van der Waals surface area contributed by atoms with Crippen LogP contribution in [0.5, 0.6) is 0 Å². The Morgan fingerprint density at radius 3 is 1.68 bits per heavy atom. The third-order valence-electron chi connectivity index (χ3n) is 4.36. The van der Waals surface area contributed by atoms with Gasteiger partial charge < -0.3 is 9.53 Å². The number of carbonyl (C=O) groups excluding carboxylic acids is 1. The predicted molar refractivity (Wildman–Crippen MR) is 82.5 cm³/mol. The molecule has 0 aromatic heterocycles. The van der Waals surface area contributed by atoms with Crippen LogP contribution in [-0.4, -0.2) is 19.0 Å². The molecule has 0 N–H and O–H groups in total. The Morgan fingerprint density at radius 1 is 0.947 bits per heavy atom. The maximum absolute atomic E-state index is 10.6. The zero-order chi connectivity index (χ0) is 14.6. The first kappa shape index (κ1) is 18.6. The number of hydrogen-bond donors (Lipinski definition) is 0. The lowest BCUT2D eigenvalue weighted by Gasteiger charge is -2.39. The number of carbonyl (C=O) groups is 1. The summed E-state index contributed by atoms with van der Waals surface area (Å²) in [5.74, 6) is 0. The van der Waals surface area contributed by atoms with Gasteiger partial charge >= 0.3 is 0 Å². The van der Waals surface area contributed by atoms with Crippen molar-refractivity contribution in [1.29, 1.82) is 0 Å². The van der Waals surface area contributed by atoms with Crippen molar-refractivity contribution in [2.24, 2.45) is 5.41 Å². The minimum Gasteiger partial charge on any atom is -0.370 e. The van der Waals surface area contributed by atoms with Crippen LogP contribution in [-0.2, 0) is 9.53 Å². The lowest BCUT2D eigenvalue weighted by molar-refractivity contribution is -0.117. The van der Waals surface area contributed by atoms with Gasteiger partial charge in [0.15, 0.2) is 0 Å². The smallest absolute Gasteiger partial charge is 0.145 e. The van der Waals surface area contributed by atoms with Crippen molar-refractivity contribution in [1.82, 2.24) is 0 Å². The summed E-state index contributed by atoms with van der Waals surface area (Å²) in [5.41, 5.74) is 0.283. The van der Waals surface area contributed by atoms with E-state index in [1.807, 2.05) is 0 Å². The zero-order valence-corrected chi connectivity index (χ0v) is 13.5. The predicted octanol–water partition coefficient (Wildman–Crippen LogP) is 5.15. The van der Waals surface area contributed by atoms with Gasteiger partial charge in [-0.3, -0.25) is 0 Å². The molecule has 0 radical (unpaired) electrons. The molecule has 0 bridgehead atoms. The van der Waals surface area contributed by atoms with E-state index in [0.717, 1.165) is 6.29 Å². The maximum atomic E-state index is 10.6. The molecule has 0 aliphatic carbocycles. The van der Waals surface area contributed by atoms with E-state index in [9.17, 15) is 4.79 Å². The Morgan fingerprint density at radius 2 is 1.37 bits per heavy atom. The Bertz CT molecular complexity index is 192. The van der Waals surface area contributed by atoms with Gasteiger partial charge in [0, 0.05) is 0 Å². The summed E-state index contributed by atoms with van der Waals surface area (Å²) in [5, 5.41) is 0. The first-order valence-electron chi connectivity index (χ1n) is 8.22. The molecule has 2 heteroatoms. The van der Waals surface area contributed by atoms with E-state index >= 15 is 0 Å². The molecule has 0 aliphatic heterocycles. The van der Waals surface area contributed by atoms with Gasteiger partial charge in [0.25, 0.3) is 0 Å². The maximum Gasteiger partial charge on any atom is 0.145 e. The van der Waals surface area contributed by atoms with Crippen LogP contribution in [0.15, 0.2) is 0 Å². The molecule has 0 heterocycles. The van der Waals surface area contributed by atoms with Crippen molar-refractivity contribution in [2.45, 2.75) is 91.6 Å². The third-order valence-corrected chi connectivity index (χ3v) is 4.36. The molecule has 0 aromatic carbocycles. The highest BCUT2D eigenvalue weighted by Crippen LogP contribution is 2.41. The van der Waals surface area contributed by atoms with Crippen molar-refractivity contribution in [3.63, 3.8) is 0 Å². The second kappa shape index (κ2) is 11.5. The molecular formula is C17H34O2. The molecule has 19 heavy (non-hydrogen) atoms. The van der Waals surface area contributed by atoms with Gasteiger partial charge in [0.1, 0.15) is 12.9 Å². The van der Waals surface area contributed by atoms with Gasteiger partial charge in [-0.25, -0.2) is 0 Å². The monoisotopic (exact) mass is 270 g/mol.